The molecule has 0 aromatic heterocycles. The van der Waals surface area contributed by atoms with Gasteiger partial charge in [0.1, 0.15) is 0 Å². The molecule has 3 N–H and O–H groups in total. The van der Waals surface area contributed by atoms with E-state index in [9.17, 15) is 4.79 Å². The predicted molar refractivity (Wildman–Crippen MR) is 74.7 cm³/mol. The molecule has 0 spiro atoms. The summed E-state index contributed by atoms with van der Waals surface area (Å²) < 4.78 is 0. The summed E-state index contributed by atoms with van der Waals surface area (Å²) in [5, 5.41) is 11.5. The minimum atomic E-state index is -0.201. The van der Waals surface area contributed by atoms with Crippen LogP contribution in [-0.4, -0.2) is 5.91 Å². The Bertz CT molecular complexity index is 654. The zero-order valence-corrected chi connectivity index (χ0v) is 10.5. The fourth-order valence-corrected chi connectivity index (χ4v) is 1.65. The lowest BCUT2D eigenvalue weighted by molar-refractivity contribution is 0.102. The highest BCUT2D eigenvalue weighted by Gasteiger charge is 2.07. The Morgan fingerprint density at radius 1 is 1.21 bits per heavy atom. The number of hydrogen-bond acceptors (Lipinski definition) is 3. The summed E-state index contributed by atoms with van der Waals surface area (Å²) >= 11 is 0. The first-order valence-corrected chi connectivity index (χ1v) is 5.78. The quantitative estimate of drug-likeness (QED) is 0.805. The molecule has 94 valence electrons. The van der Waals surface area contributed by atoms with Crippen molar-refractivity contribution < 1.29 is 4.79 Å². The third kappa shape index (κ3) is 2.90. The van der Waals surface area contributed by atoms with Gasteiger partial charge in [0.2, 0.25) is 0 Å². The number of hydrogen-bond donors (Lipinski definition) is 2. The molecule has 19 heavy (non-hydrogen) atoms. The van der Waals surface area contributed by atoms with E-state index >= 15 is 0 Å². The molecule has 2 aromatic carbocycles. The first-order valence-electron chi connectivity index (χ1n) is 5.78. The summed E-state index contributed by atoms with van der Waals surface area (Å²) in [4.78, 5) is 12.0. The van der Waals surface area contributed by atoms with Gasteiger partial charge < -0.3 is 11.1 Å². The van der Waals surface area contributed by atoms with Crippen molar-refractivity contribution in [1.82, 2.24) is 0 Å². The van der Waals surface area contributed by atoms with E-state index in [1.165, 1.54) is 0 Å². The van der Waals surface area contributed by atoms with Crippen LogP contribution < -0.4 is 11.1 Å². The van der Waals surface area contributed by atoms with Crippen molar-refractivity contribution >= 4 is 17.3 Å². The van der Waals surface area contributed by atoms with Crippen LogP contribution in [-0.2, 0) is 0 Å². The zero-order valence-electron chi connectivity index (χ0n) is 10.5. The van der Waals surface area contributed by atoms with E-state index in [-0.39, 0.29) is 5.91 Å². The van der Waals surface area contributed by atoms with Crippen molar-refractivity contribution in [2.45, 2.75) is 6.92 Å². The summed E-state index contributed by atoms with van der Waals surface area (Å²) in [6.45, 7) is 1.85. The summed E-state index contributed by atoms with van der Waals surface area (Å²) in [5.41, 5.74) is 9.00. The summed E-state index contributed by atoms with van der Waals surface area (Å²) in [7, 11) is 0. The molecule has 0 bridgehead atoms. The molecule has 4 heteroatoms. The van der Waals surface area contributed by atoms with Gasteiger partial charge in [0.05, 0.1) is 11.6 Å². The largest absolute Gasteiger partial charge is 0.399 e. The van der Waals surface area contributed by atoms with Crippen molar-refractivity contribution in [2.75, 3.05) is 11.1 Å². The summed E-state index contributed by atoms with van der Waals surface area (Å²) in [5.74, 6) is -0.201. The SMILES string of the molecule is Cc1cc(C(=O)Nc2ccc(C#N)cc2)ccc1N. The maximum Gasteiger partial charge on any atom is 0.255 e. The normalized spacial score (nSPS) is 9.68. The number of nitriles is 1. The van der Waals surface area contributed by atoms with Gasteiger partial charge >= 0.3 is 0 Å². The molecular weight excluding hydrogens is 238 g/mol. The van der Waals surface area contributed by atoms with Gasteiger partial charge in [0, 0.05) is 16.9 Å². The molecule has 2 aromatic rings. The molecule has 4 nitrogen and oxygen atoms in total. The number of carbonyl (C=O) groups is 1. The van der Waals surface area contributed by atoms with E-state index in [0.29, 0.717) is 22.5 Å². The maximum atomic E-state index is 12.0. The Labute approximate surface area is 111 Å². The Morgan fingerprint density at radius 2 is 1.89 bits per heavy atom. The van der Waals surface area contributed by atoms with Crippen LogP contribution in [0.25, 0.3) is 0 Å². The van der Waals surface area contributed by atoms with Crippen molar-refractivity contribution in [1.29, 1.82) is 5.26 Å². The van der Waals surface area contributed by atoms with Crippen molar-refractivity contribution in [3.8, 4) is 6.07 Å². The van der Waals surface area contributed by atoms with E-state index in [1.807, 2.05) is 13.0 Å². The Balaban J connectivity index is 2.16. The second-order valence-corrected chi connectivity index (χ2v) is 4.21. The number of nitrogens with two attached hydrogens (primary N) is 1. The lowest BCUT2D eigenvalue weighted by Gasteiger charge is -2.07. The van der Waals surface area contributed by atoms with E-state index < -0.39 is 0 Å². The van der Waals surface area contributed by atoms with Crippen molar-refractivity contribution in [3.63, 3.8) is 0 Å². The maximum absolute atomic E-state index is 12.0. The van der Waals surface area contributed by atoms with Gasteiger partial charge in [-0.25, -0.2) is 0 Å². The molecule has 2 rings (SSSR count). The van der Waals surface area contributed by atoms with E-state index in [0.717, 1.165) is 5.56 Å². The van der Waals surface area contributed by atoms with Crippen molar-refractivity contribution in [2.24, 2.45) is 0 Å². The molecule has 0 heterocycles. The van der Waals surface area contributed by atoms with Gasteiger partial charge in [0.25, 0.3) is 5.91 Å². The number of benzene rings is 2. The van der Waals surface area contributed by atoms with E-state index in [2.05, 4.69) is 5.32 Å². The minimum Gasteiger partial charge on any atom is -0.399 e. The number of carbonyl (C=O) groups excluding carboxylic acids is 1. The van der Waals surface area contributed by atoms with E-state index in [4.69, 9.17) is 11.0 Å². The van der Waals surface area contributed by atoms with Gasteiger partial charge in [-0.3, -0.25) is 4.79 Å². The molecule has 0 aliphatic heterocycles. The van der Waals surface area contributed by atoms with Crippen LogP contribution in [0.15, 0.2) is 42.5 Å². The third-order valence-electron chi connectivity index (χ3n) is 2.80. The second kappa shape index (κ2) is 5.23. The lowest BCUT2D eigenvalue weighted by atomic mass is 10.1. The third-order valence-corrected chi connectivity index (χ3v) is 2.80. The first kappa shape index (κ1) is 12.7. The van der Waals surface area contributed by atoms with Gasteiger partial charge in [0.15, 0.2) is 0 Å². The van der Waals surface area contributed by atoms with Crippen molar-refractivity contribution in [3.05, 3.63) is 59.2 Å². The molecular formula is C15H13N3O. The molecule has 0 radical (unpaired) electrons. The fourth-order valence-electron chi connectivity index (χ4n) is 1.65. The lowest BCUT2D eigenvalue weighted by Crippen LogP contribution is -2.12. The number of anilines is 2. The van der Waals surface area contributed by atoms with Gasteiger partial charge in [-0.05, 0) is 55.0 Å². The number of rotatable bonds is 2. The number of amides is 1. The molecule has 0 fully saturated rings. The minimum absolute atomic E-state index is 0.201. The van der Waals surface area contributed by atoms with E-state index in [1.54, 1.807) is 42.5 Å². The number of nitrogens with zero attached hydrogens (tertiary/aromatic N) is 1. The highest BCUT2D eigenvalue weighted by Crippen LogP contribution is 2.15. The topological polar surface area (TPSA) is 78.9 Å². The van der Waals surface area contributed by atoms with Crippen LogP contribution in [0.4, 0.5) is 11.4 Å². The molecule has 0 unspecified atom stereocenters. The molecule has 0 atom stereocenters. The summed E-state index contributed by atoms with van der Waals surface area (Å²) in [6, 6.07) is 13.9. The monoisotopic (exact) mass is 251 g/mol. The highest BCUT2D eigenvalue weighted by molar-refractivity contribution is 6.04. The van der Waals surface area contributed by atoms with Crippen LogP contribution in [0.3, 0.4) is 0 Å². The van der Waals surface area contributed by atoms with Gasteiger partial charge in [-0.15, -0.1) is 0 Å². The van der Waals surface area contributed by atoms with Gasteiger partial charge in [-0.1, -0.05) is 0 Å². The predicted octanol–water partition coefficient (Wildman–Crippen LogP) is 2.70. The van der Waals surface area contributed by atoms with Gasteiger partial charge in [-0.2, -0.15) is 5.26 Å². The van der Waals surface area contributed by atoms with Crippen LogP contribution in [0.5, 0.6) is 0 Å². The molecule has 1 amide bonds. The molecule has 0 saturated carbocycles. The molecule has 0 saturated heterocycles. The standard InChI is InChI=1S/C15H13N3O/c1-10-8-12(4-7-14(10)17)15(19)18-13-5-2-11(9-16)3-6-13/h2-8H,17H2,1H3,(H,18,19). The number of aryl methyl sites for hydroxylation is 1. The summed E-state index contributed by atoms with van der Waals surface area (Å²) in [6.07, 6.45) is 0. The smallest absolute Gasteiger partial charge is 0.255 e. The highest BCUT2D eigenvalue weighted by atomic mass is 16.1. The van der Waals surface area contributed by atoms with Crippen LogP contribution in [0.2, 0.25) is 0 Å². The Hall–Kier alpha value is -2.80. The molecule has 0 aliphatic carbocycles. The molecule has 0 aliphatic rings. The second-order valence-electron chi connectivity index (χ2n) is 4.21. The zero-order chi connectivity index (χ0) is 13.8. The Kier molecular flexibility index (Phi) is 3.48. The number of nitrogens with one attached hydrogen (secondary N) is 1. The van der Waals surface area contributed by atoms with Crippen LogP contribution in [0.1, 0.15) is 21.5 Å². The average molecular weight is 251 g/mol. The fraction of sp³-hybridized carbons (Fsp3) is 0.0667. The first-order chi connectivity index (χ1) is 9.10. The average Bonchev–Trinajstić information content (AvgIpc) is 2.42. The Morgan fingerprint density at radius 3 is 2.47 bits per heavy atom. The van der Waals surface area contributed by atoms with Crippen LogP contribution >= 0.6 is 0 Å². The van der Waals surface area contributed by atoms with Crippen LogP contribution in [0, 0.1) is 18.3 Å². The number of nitrogen functional groups attached to an aromatic ring is 1.